The Balaban J connectivity index is 1.61. The Bertz CT molecular complexity index is 567. The summed E-state index contributed by atoms with van der Waals surface area (Å²) in [5.41, 5.74) is 0.901. The zero-order valence-electron chi connectivity index (χ0n) is 12.9. The fraction of sp³-hybridized carbons (Fsp3) is 0.529. The standard InChI is InChI=1S/C17H22N2O3/c1-12(17(21)19-9-5-2-6-10-19)18-16(20)14-11-22-15-8-4-3-7-13(14)15/h3-4,7-8,12,14H,2,5-6,9-11H2,1H3,(H,18,20)/t12-,14-/m1/s1. The lowest BCUT2D eigenvalue weighted by atomic mass is 10.00. The summed E-state index contributed by atoms with van der Waals surface area (Å²) in [6, 6.07) is 7.07. The molecule has 1 saturated heterocycles. The van der Waals surface area contributed by atoms with Crippen molar-refractivity contribution in [2.75, 3.05) is 19.7 Å². The van der Waals surface area contributed by atoms with E-state index in [9.17, 15) is 9.59 Å². The lowest BCUT2D eigenvalue weighted by Crippen LogP contribution is -2.49. The van der Waals surface area contributed by atoms with Gasteiger partial charge in [0.25, 0.3) is 0 Å². The lowest BCUT2D eigenvalue weighted by Gasteiger charge is -2.29. The summed E-state index contributed by atoms with van der Waals surface area (Å²) >= 11 is 0. The molecule has 2 atom stereocenters. The van der Waals surface area contributed by atoms with Gasteiger partial charge in [-0.2, -0.15) is 0 Å². The van der Waals surface area contributed by atoms with E-state index in [0.29, 0.717) is 6.61 Å². The van der Waals surface area contributed by atoms with Crippen LogP contribution in [0.1, 0.15) is 37.7 Å². The van der Waals surface area contributed by atoms with Crippen molar-refractivity contribution < 1.29 is 14.3 Å². The summed E-state index contributed by atoms with van der Waals surface area (Å²) in [7, 11) is 0. The maximum atomic E-state index is 12.4. The number of piperidine rings is 1. The molecule has 2 aliphatic rings. The molecule has 5 heteroatoms. The van der Waals surface area contributed by atoms with Crippen LogP contribution in [0, 0.1) is 0 Å². The molecule has 0 unspecified atom stereocenters. The van der Waals surface area contributed by atoms with Crippen molar-refractivity contribution in [2.45, 2.75) is 38.1 Å². The normalized spacial score (nSPS) is 21.7. The number of nitrogens with one attached hydrogen (secondary N) is 1. The van der Waals surface area contributed by atoms with E-state index in [1.54, 1.807) is 6.92 Å². The zero-order valence-corrected chi connectivity index (χ0v) is 12.9. The summed E-state index contributed by atoms with van der Waals surface area (Å²) in [5, 5.41) is 2.85. The highest BCUT2D eigenvalue weighted by Gasteiger charge is 2.32. The second kappa shape index (κ2) is 6.38. The largest absolute Gasteiger partial charge is 0.492 e. The van der Waals surface area contributed by atoms with E-state index in [1.165, 1.54) is 6.42 Å². The predicted octanol–water partition coefficient (Wildman–Crippen LogP) is 1.68. The van der Waals surface area contributed by atoms with Crippen molar-refractivity contribution in [2.24, 2.45) is 0 Å². The van der Waals surface area contributed by atoms with Crippen LogP contribution < -0.4 is 10.1 Å². The molecule has 0 aromatic heterocycles. The highest BCUT2D eigenvalue weighted by molar-refractivity contribution is 5.91. The SMILES string of the molecule is C[C@@H](NC(=O)[C@@H]1COc2ccccc21)C(=O)N1CCCCC1. The quantitative estimate of drug-likeness (QED) is 0.924. The highest BCUT2D eigenvalue weighted by atomic mass is 16.5. The summed E-state index contributed by atoms with van der Waals surface area (Å²) < 4.78 is 5.53. The van der Waals surface area contributed by atoms with Crippen molar-refractivity contribution in [3.63, 3.8) is 0 Å². The third-order valence-corrected chi connectivity index (χ3v) is 4.41. The van der Waals surface area contributed by atoms with E-state index in [-0.39, 0.29) is 17.7 Å². The molecular weight excluding hydrogens is 280 g/mol. The fourth-order valence-electron chi connectivity index (χ4n) is 3.14. The number of carbonyl (C=O) groups excluding carboxylic acids is 2. The fourth-order valence-corrected chi connectivity index (χ4v) is 3.14. The second-order valence-electron chi connectivity index (χ2n) is 6.02. The Morgan fingerprint density at radius 1 is 1.23 bits per heavy atom. The lowest BCUT2D eigenvalue weighted by molar-refractivity contribution is -0.137. The minimum atomic E-state index is -0.488. The third-order valence-electron chi connectivity index (χ3n) is 4.41. The number of fused-ring (bicyclic) bond motifs is 1. The molecule has 0 radical (unpaired) electrons. The van der Waals surface area contributed by atoms with Crippen LogP contribution in [0.3, 0.4) is 0 Å². The first-order valence-corrected chi connectivity index (χ1v) is 7.97. The molecule has 1 fully saturated rings. The van der Waals surface area contributed by atoms with E-state index >= 15 is 0 Å². The van der Waals surface area contributed by atoms with Gasteiger partial charge in [-0.25, -0.2) is 0 Å². The Morgan fingerprint density at radius 3 is 2.73 bits per heavy atom. The van der Waals surface area contributed by atoms with Crippen LogP contribution in [0.25, 0.3) is 0 Å². The zero-order chi connectivity index (χ0) is 15.5. The topological polar surface area (TPSA) is 58.6 Å². The first-order valence-electron chi connectivity index (χ1n) is 7.97. The van der Waals surface area contributed by atoms with Crippen molar-refractivity contribution in [3.05, 3.63) is 29.8 Å². The molecule has 2 heterocycles. The van der Waals surface area contributed by atoms with Crippen LogP contribution in [0.15, 0.2) is 24.3 Å². The minimum absolute atomic E-state index is 0.0141. The number of ether oxygens (including phenoxy) is 1. The van der Waals surface area contributed by atoms with E-state index in [1.807, 2.05) is 29.2 Å². The van der Waals surface area contributed by atoms with Crippen molar-refractivity contribution in [1.82, 2.24) is 10.2 Å². The second-order valence-corrected chi connectivity index (χ2v) is 6.02. The van der Waals surface area contributed by atoms with E-state index in [2.05, 4.69) is 5.32 Å². The Labute approximate surface area is 130 Å². The van der Waals surface area contributed by atoms with Crippen molar-refractivity contribution in [1.29, 1.82) is 0 Å². The predicted molar refractivity (Wildman–Crippen MR) is 82.7 cm³/mol. The molecule has 0 spiro atoms. The highest BCUT2D eigenvalue weighted by Crippen LogP contribution is 2.33. The van der Waals surface area contributed by atoms with E-state index in [0.717, 1.165) is 37.2 Å². The van der Waals surface area contributed by atoms with Crippen LogP contribution in [-0.4, -0.2) is 42.5 Å². The van der Waals surface area contributed by atoms with E-state index < -0.39 is 6.04 Å². The summed E-state index contributed by atoms with van der Waals surface area (Å²) in [4.78, 5) is 26.7. The maximum Gasteiger partial charge on any atom is 0.244 e. The molecule has 5 nitrogen and oxygen atoms in total. The first-order chi connectivity index (χ1) is 10.7. The van der Waals surface area contributed by atoms with Crippen LogP contribution in [0.5, 0.6) is 5.75 Å². The molecule has 2 amide bonds. The van der Waals surface area contributed by atoms with Gasteiger partial charge in [0.2, 0.25) is 11.8 Å². The van der Waals surface area contributed by atoms with Crippen LogP contribution in [-0.2, 0) is 9.59 Å². The number of carbonyl (C=O) groups is 2. The average molecular weight is 302 g/mol. The maximum absolute atomic E-state index is 12.4. The van der Waals surface area contributed by atoms with Gasteiger partial charge in [0.15, 0.2) is 0 Å². The van der Waals surface area contributed by atoms with Crippen LogP contribution in [0.4, 0.5) is 0 Å². The molecule has 22 heavy (non-hydrogen) atoms. The van der Waals surface area contributed by atoms with Gasteiger partial charge in [-0.1, -0.05) is 18.2 Å². The number of amides is 2. The molecule has 1 N–H and O–H groups in total. The molecule has 1 aromatic carbocycles. The van der Waals surface area contributed by atoms with Gasteiger partial charge in [0.1, 0.15) is 24.3 Å². The number of para-hydroxylation sites is 1. The summed E-state index contributed by atoms with van der Waals surface area (Å²) in [6.07, 6.45) is 3.28. The molecule has 118 valence electrons. The minimum Gasteiger partial charge on any atom is -0.492 e. The summed E-state index contributed by atoms with van der Waals surface area (Å²) in [5.74, 6) is 0.313. The first kappa shape index (κ1) is 14.9. The van der Waals surface area contributed by atoms with Crippen molar-refractivity contribution >= 4 is 11.8 Å². The Morgan fingerprint density at radius 2 is 1.95 bits per heavy atom. The molecule has 0 saturated carbocycles. The van der Waals surface area contributed by atoms with Gasteiger partial charge >= 0.3 is 0 Å². The van der Waals surface area contributed by atoms with Crippen LogP contribution >= 0.6 is 0 Å². The number of hydrogen-bond donors (Lipinski definition) is 1. The average Bonchev–Trinajstić information content (AvgIpc) is 2.99. The molecular formula is C17H22N2O3. The van der Waals surface area contributed by atoms with Gasteiger partial charge in [0.05, 0.1) is 0 Å². The monoisotopic (exact) mass is 302 g/mol. The summed E-state index contributed by atoms with van der Waals surface area (Å²) in [6.45, 7) is 3.70. The van der Waals surface area contributed by atoms with E-state index in [4.69, 9.17) is 4.74 Å². The Kier molecular flexibility index (Phi) is 4.32. The van der Waals surface area contributed by atoms with Crippen molar-refractivity contribution in [3.8, 4) is 5.75 Å². The van der Waals surface area contributed by atoms with Crippen LogP contribution in [0.2, 0.25) is 0 Å². The smallest absolute Gasteiger partial charge is 0.244 e. The number of benzene rings is 1. The number of rotatable bonds is 3. The number of likely N-dealkylation sites (tertiary alicyclic amines) is 1. The third kappa shape index (κ3) is 2.93. The molecule has 2 aliphatic heterocycles. The van der Waals surface area contributed by atoms with Gasteiger partial charge in [-0.05, 0) is 32.3 Å². The van der Waals surface area contributed by atoms with Gasteiger partial charge in [0, 0.05) is 18.7 Å². The molecule has 0 aliphatic carbocycles. The molecule has 0 bridgehead atoms. The van der Waals surface area contributed by atoms with Gasteiger partial charge < -0.3 is 15.0 Å². The molecule has 1 aromatic rings. The number of nitrogens with zero attached hydrogens (tertiary/aromatic N) is 1. The number of hydrogen-bond acceptors (Lipinski definition) is 3. The molecule has 3 rings (SSSR count). The Hall–Kier alpha value is -2.04. The van der Waals surface area contributed by atoms with Gasteiger partial charge in [-0.15, -0.1) is 0 Å². The van der Waals surface area contributed by atoms with Gasteiger partial charge in [-0.3, -0.25) is 9.59 Å².